The Labute approximate surface area is 183 Å². The number of Topliss-reactive ketones (excluding diaryl/α,β-unsaturated/α-hetero) is 1. The van der Waals surface area contributed by atoms with E-state index in [-0.39, 0.29) is 52.6 Å². The van der Waals surface area contributed by atoms with Crippen LogP contribution in [0.2, 0.25) is 0 Å². The molecule has 31 heavy (non-hydrogen) atoms. The lowest BCUT2D eigenvalue weighted by molar-refractivity contribution is -0.384. The zero-order chi connectivity index (χ0) is 21.6. The van der Waals surface area contributed by atoms with E-state index in [4.69, 9.17) is 5.11 Å². The second-order valence-electron chi connectivity index (χ2n) is 7.30. The Morgan fingerprint density at radius 2 is 1.97 bits per heavy atom. The number of aromatic nitrogens is 2. The lowest BCUT2D eigenvalue weighted by Gasteiger charge is -2.25. The highest BCUT2D eigenvalue weighted by Gasteiger charge is 2.40. The molecule has 0 saturated carbocycles. The number of hydrogen-bond acceptors (Lipinski definition) is 8. The van der Waals surface area contributed by atoms with Crippen molar-refractivity contribution >= 4 is 45.5 Å². The van der Waals surface area contributed by atoms with Crippen molar-refractivity contribution in [2.45, 2.75) is 25.0 Å². The van der Waals surface area contributed by atoms with Gasteiger partial charge in [-0.1, -0.05) is 11.6 Å². The summed E-state index contributed by atoms with van der Waals surface area (Å²) in [6, 6.07) is 1.19. The molecule has 2 bridgehead atoms. The highest BCUT2D eigenvalue weighted by molar-refractivity contribution is 8.93. The number of nitro benzene ring substituents is 1. The van der Waals surface area contributed by atoms with Crippen molar-refractivity contribution in [3.8, 4) is 0 Å². The molecule has 2 heterocycles. The molecule has 1 aliphatic carbocycles. The molecule has 2 aliphatic rings. The predicted octanol–water partition coefficient (Wildman–Crippen LogP) is -0.171. The van der Waals surface area contributed by atoms with Gasteiger partial charge in [-0.05, 0) is 12.0 Å². The number of nitro groups is 1. The minimum atomic E-state index is -1.02. The van der Waals surface area contributed by atoms with E-state index in [1.807, 2.05) is 0 Å². The van der Waals surface area contributed by atoms with Gasteiger partial charge >= 0.3 is 17.1 Å². The van der Waals surface area contributed by atoms with Crippen molar-refractivity contribution in [3.63, 3.8) is 0 Å². The lowest BCUT2D eigenvalue weighted by atomic mass is 9.93. The number of likely N-dealkylation sites (tertiary alicyclic amines) is 1. The Bertz CT molecular complexity index is 1230. The van der Waals surface area contributed by atoms with Crippen molar-refractivity contribution in [2.24, 2.45) is 0 Å². The van der Waals surface area contributed by atoms with Crippen LogP contribution in [-0.4, -0.2) is 61.8 Å². The largest absolute Gasteiger partial charge is 0.480 e. The summed E-state index contributed by atoms with van der Waals surface area (Å²) in [5.41, 5.74) is -0.459. The Balaban J connectivity index is 0.00000272. The fourth-order valence-electron chi connectivity index (χ4n) is 3.96. The van der Waals surface area contributed by atoms with E-state index in [1.165, 1.54) is 6.07 Å². The van der Waals surface area contributed by atoms with Gasteiger partial charge in [0.15, 0.2) is 5.78 Å². The number of carboxylic acid groups (broad SMARTS) is 1. The fourth-order valence-corrected chi connectivity index (χ4v) is 3.96. The predicted molar refractivity (Wildman–Crippen MR) is 113 cm³/mol. The van der Waals surface area contributed by atoms with Crippen LogP contribution in [0.15, 0.2) is 33.4 Å². The number of rotatable bonds is 6. The van der Waals surface area contributed by atoms with Crippen LogP contribution in [0, 0.1) is 10.1 Å². The third-order valence-electron chi connectivity index (χ3n) is 5.28. The first-order valence-corrected chi connectivity index (χ1v) is 9.09. The SMILES string of the molecule is Br.O=C(O)CN1CC2=CC1C(=O)C(NCc1cc([N+](=O)[O-])cc3[nH]c(=O)c(=O)[nH]c13)C2. The van der Waals surface area contributed by atoms with E-state index in [1.54, 1.807) is 11.0 Å². The van der Waals surface area contributed by atoms with Gasteiger partial charge in [0, 0.05) is 25.2 Å². The first-order valence-electron chi connectivity index (χ1n) is 9.09. The highest BCUT2D eigenvalue weighted by Crippen LogP contribution is 2.28. The molecule has 1 aliphatic heterocycles. The van der Waals surface area contributed by atoms with Crippen LogP contribution in [0.4, 0.5) is 5.69 Å². The summed E-state index contributed by atoms with van der Waals surface area (Å²) in [7, 11) is 0. The molecule has 164 valence electrons. The molecule has 1 aromatic heterocycles. The Morgan fingerprint density at radius 3 is 2.65 bits per heavy atom. The van der Waals surface area contributed by atoms with E-state index in [0.29, 0.717) is 18.5 Å². The molecule has 4 N–H and O–H groups in total. The van der Waals surface area contributed by atoms with Crippen LogP contribution >= 0.6 is 17.0 Å². The van der Waals surface area contributed by atoms with Crippen LogP contribution in [0.25, 0.3) is 11.0 Å². The lowest BCUT2D eigenvalue weighted by Crippen LogP contribution is -2.47. The quantitative estimate of drug-likeness (QED) is 0.183. The average Bonchev–Trinajstić information content (AvgIpc) is 3.01. The van der Waals surface area contributed by atoms with Crippen LogP contribution < -0.4 is 16.4 Å². The van der Waals surface area contributed by atoms with Gasteiger partial charge in [-0.3, -0.25) is 34.2 Å². The third-order valence-corrected chi connectivity index (χ3v) is 5.28. The molecule has 4 rings (SSSR count). The number of benzene rings is 1. The number of fused-ring (bicyclic) bond motifs is 2. The summed E-state index contributed by atoms with van der Waals surface area (Å²) >= 11 is 0. The molecule has 12 nitrogen and oxygen atoms in total. The van der Waals surface area contributed by atoms with E-state index in [9.17, 15) is 29.3 Å². The third kappa shape index (κ3) is 4.33. The number of non-ortho nitro benzene ring substituents is 1. The number of aromatic amines is 2. The molecule has 2 atom stereocenters. The van der Waals surface area contributed by atoms with Gasteiger partial charge < -0.3 is 20.4 Å². The van der Waals surface area contributed by atoms with E-state index in [2.05, 4.69) is 15.3 Å². The van der Waals surface area contributed by atoms with Crippen LogP contribution in [-0.2, 0) is 16.1 Å². The maximum absolute atomic E-state index is 12.8. The Hall–Kier alpha value is -3.16. The van der Waals surface area contributed by atoms with Gasteiger partial charge in [-0.15, -0.1) is 17.0 Å². The topological polar surface area (TPSA) is 178 Å². The van der Waals surface area contributed by atoms with Gasteiger partial charge in [-0.2, -0.15) is 0 Å². The van der Waals surface area contributed by atoms with Crippen molar-refractivity contribution in [2.75, 3.05) is 13.1 Å². The van der Waals surface area contributed by atoms with Crippen molar-refractivity contribution in [1.82, 2.24) is 20.2 Å². The fraction of sp³-hybridized carbons (Fsp3) is 0.333. The summed E-state index contributed by atoms with van der Waals surface area (Å²) in [5, 5.41) is 23.3. The molecule has 0 fully saturated rings. The number of carboxylic acids is 1. The number of carbonyl (C=O) groups excluding carboxylic acids is 1. The van der Waals surface area contributed by atoms with Gasteiger partial charge in [0.2, 0.25) is 0 Å². The second-order valence-corrected chi connectivity index (χ2v) is 7.30. The monoisotopic (exact) mass is 495 g/mol. The number of hydrogen-bond donors (Lipinski definition) is 4. The number of aliphatic carboxylic acids is 1. The standard InChI is InChI=1S/C18H17N5O7.BrH/c24-14(25)7-22-6-8-1-12(16(26)13(22)2-8)19-5-9-3-10(23(29)30)4-11-15(9)21-18(28)17(27)20-11;/h2-4,12-13,19H,1,5-7H2,(H,20,27)(H,21,28)(H,24,25);1H. The van der Waals surface area contributed by atoms with Gasteiger partial charge in [0.05, 0.1) is 34.6 Å². The minimum absolute atomic E-state index is 0. The zero-order valence-electron chi connectivity index (χ0n) is 15.9. The number of halogens is 1. The van der Waals surface area contributed by atoms with Gasteiger partial charge in [0.1, 0.15) is 0 Å². The van der Waals surface area contributed by atoms with E-state index < -0.39 is 34.1 Å². The summed E-state index contributed by atoms with van der Waals surface area (Å²) in [6.45, 7) is 0.178. The normalized spacial score (nSPS) is 20.4. The van der Waals surface area contributed by atoms with Crippen molar-refractivity contribution < 1.29 is 19.6 Å². The summed E-state index contributed by atoms with van der Waals surface area (Å²) in [6.07, 6.45) is 2.17. The van der Waals surface area contributed by atoms with Gasteiger partial charge in [0.25, 0.3) is 5.69 Å². The number of H-pyrrole nitrogens is 2. The van der Waals surface area contributed by atoms with E-state index >= 15 is 0 Å². The summed E-state index contributed by atoms with van der Waals surface area (Å²) < 4.78 is 0. The summed E-state index contributed by atoms with van der Waals surface area (Å²) in [5.74, 6) is -1.20. The number of nitrogens with zero attached hydrogens (tertiary/aromatic N) is 2. The van der Waals surface area contributed by atoms with Crippen LogP contribution in [0.5, 0.6) is 0 Å². The molecular weight excluding hydrogens is 478 g/mol. The van der Waals surface area contributed by atoms with Crippen LogP contribution in [0.1, 0.15) is 12.0 Å². The molecule has 0 radical (unpaired) electrons. The number of carbonyl (C=O) groups is 2. The maximum Gasteiger partial charge on any atom is 0.317 e. The molecule has 0 spiro atoms. The number of ketones is 1. The molecule has 1 aromatic carbocycles. The number of nitrogens with one attached hydrogen (secondary N) is 3. The first-order chi connectivity index (χ1) is 14.2. The Morgan fingerprint density at radius 1 is 1.26 bits per heavy atom. The highest BCUT2D eigenvalue weighted by atomic mass is 79.9. The molecular formula is C18H18BrN5O7. The Kier molecular flexibility index (Phi) is 6.20. The maximum atomic E-state index is 12.8. The van der Waals surface area contributed by atoms with E-state index in [0.717, 1.165) is 11.6 Å². The molecule has 0 saturated heterocycles. The first kappa shape index (κ1) is 22.5. The van der Waals surface area contributed by atoms with Crippen molar-refractivity contribution in [1.29, 1.82) is 0 Å². The van der Waals surface area contributed by atoms with Gasteiger partial charge in [-0.25, -0.2) is 0 Å². The smallest absolute Gasteiger partial charge is 0.317 e. The van der Waals surface area contributed by atoms with Crippen molar-refractivity contribution in [3.05, 3.63) is 60.2 Å². The molecule has 13 heteroatoms. The van der Waals surface area contributed by atoms with Crippen LogP contribution in [0.3, 0.4) is 0 Å². The molecule has 2 aromatic rings. The minimum Gasteiger partial charge on any atom is -0.480 e. The average molecular weight is 496 g/mol. The zero-order valence-corrected chi connectivity index (χ0v) is 17.6. The summed E-state index contributed by atoms with van der Waals surface area (Å²) in [4.78, 5) is 64.0. The molecule has 0 amide bonds. The second kappa shape index (κ2) is 8.53. The molecule has 2 unspecified atom stereocenters.